The van der Waals surface area contributed by atoms with E-state index in [0.717, 1.165) is 6.42 Å². The van der Waals surface area contributed by atoms with Gasteiger partial charge in [-0.15, -0.1) is 0 Å². The van der Waals surface area contributed by atoms with E-state index in [1.54, 1.807) is 0 Å². The van der Waals surface area contributed by atoms with Crippen molar-refractivity contribution in [2.24, 2.45) is 11.7 Å². The van der Waals surface area contributed by atoms with Crippen molar-refractivity contribution >= 4 is 11.6 Å². The third-order valence-electron chi connectivity index (χ3n) is 2.82. The van der Waals surface area contributed by atoms with Gasteiger partial charge in [-0.3, -0.25) is 4.79 Å². The van der Waals surface area contributed by atoms with Crippen LogP contribution < -0.4 is 15.8 Å². The fourth-order valence-electron chi connectivity index (χ4n) is 1.61. The maximum Gasteiger partial charge on any atom is 0.224 e. The van der Waals surface area contributed by atoms with Gasteiger partial charge in [0.25, 0.3) is 0 Å². The topological polar surface area (TPSA) is 64.4 Å². The molecular formula is C13H19FN2O2. The van der Waals surface area contributed by atoms with Gasteiger partial charge in [0, 0.05) is 18.2 Å². The zero-order valence-electron chi connectivity index (χ0n) is 10.7. The van der Waals surface area contributed by atoms with Crippen molar-refractivity contribution in [1.82, 2.24) is 0 Å². The summed E-state index contributed by atoms with van der Waals surface area (Å²) < 4.78 is 18.0. The molecule has 4 nitrogen and oxygen atoms in total. The zero-order valence-corrected chi connectivity index (χ0v) is 10.7. The SMILES string of the molecule is CCC(CN)CC(=O)Nc1ccc(F)c(OC)c1. The van der Waals surface area contributed by atoms with E-state index >= 15 is 0 Å². The van der Waals surface area contributed by atoms with E-state index in [1.165, 1.54) is 25.3 Å². The summed E-state index contributed by atoms with van der Waals surface area (Å²) in [4.78, 5) is 11.7. The molecule has 0 aromatic heterocycles. The summed E-state index contributed by atoms with van der Waals surface area (Å²) in [5.74, 6) is -0.295. The van der Waals surface area contributed by atoms with E-state index < -0.39 is 5.82 Å². The number of anilines is 1. The Kier molecular flexibility index (Phi) is 5.58. The van der Waals surface area contributed by atoms with Crippen molar-refractivity contribution in [2.75, 3.05) is 19.0 Å². The van der Waals surface area contributed by atoms with Crippen molar-refractivity contribution in [3.63, 3.8) is 0 Å². The van der Waals surface area contributed by atoms with E-state index in [-0.39, 0.29) is 17.6 Å². The molecule has 100 valence electrons. The number of carbonyl (C=O) groups excluding carboxylic acids is 1. The number of nitrogens with two attached hydrogens (primary N) is 1. The first-order chi connectivity index (χ1) is 8.60. The molecule has 1 unspecified atom stereocenters. The lowest BCUT2D eigenvalue weighted by Crippen LogP contribution is -2.21. The summed E-state index contributed by atoms with van der Waals surface area (Å²) >= 11 is 0. The zero-order chi connectivity index (χ0) is 13.5. The van der Waals surface area contributed by atoms with Crippen molar-refractivity contribution in [1.29, 1.82) is 0 Å². The van der Waals surface area contributed by atoms with Crippen LogP contribution in [0.25, 0.3) is 0 Å². The van der Waals surface area contributed by atoms with Gasteiger partial charge in [0.1, 0.15) is 0 Å². The van der Waals surface area contributed by atoms with Crippen molar-refractivity contribution in [3.8, 4) is 5.75 Å². The van der Waals surface area contributed by atoms with Crippen LogP contribution in [0.5, 0.6) is 5.75 Å². The molecule has 1 aromatic rings. The van der Waals surface area contributed by atoms with Gasteiger partial charge in [0.2, 0.25) is 5.91 Å². The molecular weight excluding hydrogens is 235 g/mol. The van der Waals surface area contributed by atoms with Gasteiger partial charge in [-0.05, 0) is 24.6 Å². The molecule has 1 amide bonds. The summed E-state index contributed by atoms with van der Waals surface area (Å²) in [6.07, 6.45) is 1.23. The largest absolute Gasteiger partial charge is 0.494 e. The van der Waals surface area contributed by atoms with Crippen LogP contribution in [0, 0.1) is 11.7 Å². The number of hydrogen-bond acceptors (Lipinski definition) is 3. The lowest BCUT2D eigenvalue weighted by atomic mass is 10.0. The van der Waals surface area contributed by atoms with Crippen molar-refractivity contribution < 1.29 is 13.9 Å². The van der Waals surface area contributed by atoms with Crippen molar-refractivity contribution in [2.45, 2.75) is 19.8 Å². The number of benzene rings is 1. The van der Waals surface area contributed by atoms with Gasteiger partial charge in [-0.25, -0.2) is 4.39 Å². The van der Waals surface area contributed by atoms with E-state index in [4.69, 9.17) is 10.5 Å². The molecule has 0 fully saturated rings. The first-order valence-corrected chi connectivity index (χ1v) is 5.94. The predicted molar refractivity (Wildman–Crippen MR) is 69.0 cm³/mol. The Labute approximate surface area is 106 Å². The second-order valence-electron chi connectivity index (χ2n) is 4.11. The molecule has 18 heavy (non-hydrogen) atoms. The number of amides is 1. The quantitative estimate of drug-likeness (QED) is 0.817. The standard InChI is InChI=1S/C13H19FN2O2/c1-3-9(8-15)6-13(17)16-10-4-5-11(14)12(7-10)18-2/h4-5,7,9H,3,6,8,15H2,1-2H3,(H,16,17). The number of carbonyl (C=O) groups is 1. The Balaban J connectivity index is 2.64. The first-order valence-electron chi connectivity index (χ1n) is 5.94. The van der Waals surface area contributed by atoms with E-state index in [0.29, 0.717) is 18.7 Å². The third kappa shape index (κ3) is 4.00. The molecule has 0 saturated carbocycles. The van der Waals surface area contributed by atoms with Crippen LogP contribution >= 0.6 is 0 Å². The molecule has 0 spiro atoms. The minimum absolute atomic E-state index is 0.110. The van der Waals surface area contributed by atoms with Crippen LogP contribution in [-0.4, -0.2) is 19.6 Å². The van der Waals surface area contributed by atoms with Gasteiger partial charge < -0.3 is 15.8 Å². The minimum atomic E-state index is -0.455. The number of rotatable bonds is 6. The maximum atomic E-state index is 13.2. The van der Waals surface area contributed by atoms with Crippen LogP contribution in [0.1, 0.15) is 19.8 Å². The Morgan fingerprint density at radius 1 is 1.56 bits per heavy atom. The van der Waals surface area contributed by atoms with Crippen LogP contribution in [0.4, 0.5) is 10.1 Å². The number of nitrogens with one attached hydrogen (secondary N) is 1. The second kappa shape index (κ2) is 6.96. The highest BCUT2D eigenvalue weighted by atomic mass is 19.1. The van der Waals surface area contributed by atoms with Gasteiger partial charge in [-0.2, -0.15) is 0 Å². The molecule has 0 aliphatic rings. The highest BCUT2D eigenvalue weighted by molar-refractivity contribution is 5.91. The molecule has 1 aromatic carbocycles. The lowest BCUT2D eigenvalue weighted by molar-refractivity contribution is -0.117. The summed E-state index contributed by atoms with van der Waals surface area (Å²) in [6.45, 7) is 2.47. The average molecular weight is 254 g/mol. The highest BCUT2D eigenvalue weighted by Crippen LogP contribution is 2.21. The molecule has 0 heterocycles. The van der Waals surface area contributed by atoms with Crippen LogP contribution in [0.2, 0.25) is 0 Å². The van der Waals surface area contributed by atoms with E-state index in [1.807, 2.05) is 6.92 Å². The van der Waals surface area contributed by atoms with Gasteiger partial charge in [0.05, 0.1) is 7.11 Å². The Bertz CT molecular complexity index is 406. The number of halogens is 1. The predicted octanol–water partition coefficient (Wildman–Crippen LogP) is 2.15. The van der Waals surface area contributed by atoms with Crippen LogP contribution in [0.3, 0.4) is 0 Å². The molecule has 0 bridgehead atoms. The second-order valence-corrected chi connectivity index (χ2v) is 4.11. The smallest absolute Gasteiger partial charge is 0.224 e. The highest BCUT2D eigenvalue weighted by Gasteiger charge is 2.11. The Hall–Kier alpha value is -1.62. The van der Waals surface area contributed by atoms with Gasteiger partial charge in [-0.1, -0.05) is 13.3 Å². The van der Waals surface area contributed by atoms with E-state index in [2.05, 4.69) is 5.32 Å². The number of ether oxygens (including phenoxy) is 1. The monoisotopic (exact) mass is 254 g/mol. The fourth-order valence-corrected chi connectivity index (χ4v) is 1.61. The average Bonchev–Trinajstić information content (AvgIpc) is 2.38. The molecule has 1 rings (SSSR count). The molecule has 0 saturated heterocycles. The van der Waals surface area contributed by atoms with Crippen molar-refractivity contribution in [3.05, 3.63) is 24.0 Å². The molecule has 1 atom stereocenters. The minimum Gasteiger partial charge on any atom is -0.494 e. The summed E-state index contributed by atoms with van der Waals surface area (Å²) in [6, 6.07) is 4.21. The molecule has 5 heteroatoms. The summed E-state index contributed by atoms with van der Waals surface area (Å²) in [7, 11) is 1.38. The molecule has 0 radical (unpaired) electrons. The molecule has 0 aliphatic heterocycles. The number of methoxy groups -OCH3 is 1. The van der Waals surface area contributed by atoms with Crippen LogP contribution in [-0.2, 0) is 4.79 Å². The molecule has 3 N–H and O–H groups in total. The van der Waals surface area contributed by atoms with Gasteiger partial charge >= 0.3 is 0 Å². The van der Waals surface area contributed by atoms with Crippen LogP contribution in [0.15, 0.2) is 18.2 Å². The van der Waals surface area contributed by atoms with Gasteiger partial charge in [0.15, 0.2) is 11.6 Å². The fraction of sp³-hybridized carbons (Fsp3) is 0.462. The maximum absolute atomic E-state index is 13.2. The molecule has 0 aliphatic carbocycles. The Morgan fingerprint density at radius 2 is 2.28 bits per heavy atom. The lowest BCUT2D eigenvalue weighted by Gasteiger charge is -2.12. The number of hydrogen-bond donors (Lipinski definition) is 2. The van der Waals surface area contributed by atoms with E-state index in [9.17, 15) is 9.18 Å². The first kappa shape index (κ1) is 14.4. The summed E-state index contributed by atoms with van der Waals surface area (Å²) in [5.41, 5.74) is 6.06. The third-order valence-corrected chi connectivity index (χ3v) is 2.82. The normalized spacial score (nSPS) is 12.0. The Morgan fingerprint density at radius 3 is 2.83 bits per heavy atom. The summed E-state index contributed by atoms with van der Waals surface area (Å²) in [5, 5.41) is 2.70.